The van der Waals surface area contributed by atoms with Gasteiger partial charge in [0.25, 0.3) is 5.91 Å². The average molecular weight is 360 g/mol. The van der Waals surface area contributed by atoms with Gasteiger partial charge in [0.2, 0.25) is 5.69 Å². The molecule has 0 bridgehead atoms. The fourth-order valence-electron chi connectivity index (χ4n) is 2.88. The molecule has 1 amide bonds. The second kappa shape index (κ2) is 7.35. The van der Waals surface area contributed by atoms with E-state index in [-0.39, 0.29) is 5.91 Å². The molecule has 8 nitrogen and oxygen atoms in total. The van der Waals surface area contributed by atoms with Gasteiger partial charge in [0.1, 0.15) is 0 Å². The van der Waals surface area contributed by atoms with Crippen LogP contribution in [0, 0.1) is 6.57 Å². The van der Waals surface area contributed by atoms with Crippen LogP contribution < -0.4 is 0 Å². The standard InChI is InChI=1S/C19H16N6O2/c1-20-14-4-5-16(22-12-14)18-11-17(19(26)24-7-9-27-10-8-24)23-25(18)15-3-2-6-21-13-15/h2-6,11-13H,7-10H2. The van der Waals surface area contributed by atoms with Gasteiger partial charge in [-0.15, -0.1) is 0 Å². The Hall–Kier alpha value is -3.57. The summed E-state index contributed by atoms with van der Waals surface area (Å²) in [7, 11) is 0. The van der Waals surface area contributed by atoms with Crippen molar-refractivity contribution >= 4 is 11.6 Å². The van der Waals surface area contributed by atoms with Gasteiger partial charge in [0, 0.05) is 25.5 Å². The van der Waals surface area contributed by atoms with Crippen LogP contribution in [0.1, 0.15) is 10.5 Å². The predicted molar refractivity (Wildman–Crippen MR) is 97.6 cm³/mol. The number of carbonyl (C=O) groups is 1. The molecule has 0 N–H and O–H groups in total. The molecule has 3 aromatic heterocycles. The van der Waals surface area contributed by atoms with E-state index in [0.717, 1.165) is 5.69 Å². The van der Waals surface area contributed by atoms with Gasteiger partial charge in [0.05, 0.1) is 43.1 Å². The molecular weight excluding hydrogens is 344 g/mol. The van der Waals surface area contributed by atoms with E-state index in [1.807, 2.05) is 6.07 Å². The first-order chi connectivity index (χ1) is 13.3. The van der Waals surface area contributed by atoms with Gasteiger partial charge in [-0.3, -0.25) is 14.8 Å². The van der Waals surface area contributed by atoms with E-state index >= 15 is 0 Å². The number of pyridine rings is 2. The Kier molecular flexibility index (Phi) is 4.60. The molecule has 0 unspecified atom stereocenters. The molecule has 134 valence electrons. The molecule has 0 saturated carbocycles. The van der Waals surface area contributed by atoms with Crippen LogP contribution in [0.25, 0.3) is 21.9 Å². The number of morpholine rings is 1. The van der Waals surface area contributed by atoms with Crippen LogP contribution in [0.5, 0.6) is 0 Å². The smallest absolute Gasteiger partial charge is 0.274 e. The van der Waals surface area contributed by atoms with Crippen molar-refractivity contribution in [3.05, 3.63) is 66.0 Å². The quantitative estimate of drug-likeness (QED) is 0.670. The van der Waals surface area contributed by atoms with Gasteiger partial charge >= 0.3 is 0 Å². The molecule has 8 heteroatoms. The van der Waals surface area contributed by atoms with Crippen LogP contribution in [-0.4, -0.2) is 56.9 Å². The van der Waals surface area contributed by atoms with Gasteiger partial charge in [-0.1, -0.05) is 6.07 Å². The van der Waals surface area contributed by atoms with Crippen LogP contribution in [0.4, 0.5) is 5.69 Å². The summed E-state index contributed by atoms with van der Waals surface area (Å²) in [5.74, 6) is -0.139. The van der Waals surface area contributed by atoms with Crippen molar-refractivity contribution in [2.75, 3.05) is 26.3 Å². The van der Waals surface area contributed by atoms with Crippen molar-refractivity contribution in [3.63, 3.8) is 0 Å². The van der Waals surface area contributed by atoms with E-state index < -0.39 is 0 Å². The Balaban J connectivity index is 1.77. The molecule has 0 atom stereocenters. The Morgan fingerprint density at radius 3 is 2.70 bits per heavy atom. The molecule has 0 radical (unpaired) electrons. The van der Waals surface area contributed by atoms with Crippen LogP contribution >= 0.6 is 0 Å². The number of carbonyl (C=O) groups excluding carboxylic acids is 1. The first kappa shape index (κ1) is 16.9. The van der Waals surface area contributed by atoms with Crippen LogP contribution in [0.2, 0.25) is 0 Å². The van der Waals surface area contributed by atoms with Crippen molar-refractivity contribution in [1.82, 2.24) is 24.6 Å². The van der Waals surface area contributed by atoms with Crippen molar-refractivity contribution in [2.45, 2.75) is 0 Å². The fraction of sp³-hybridized carbons (Fsp3) is 0.211. The molecule has 1 aliphatic rings. The minimum absolute atomic E-state index is 0.139. The van der Waals surface area contributed by atoms with E-state index in [0.29, 0.717) is 49.1 Å². The second-order valence-corrected chi connectivity index (χ2v) is 5.96. The maximum Gasteiger partial charge on any atom is 0.274 e. The zero-order valence-corrected chi connectivity index (χ0v) is 14.4. The molecule has 1 saturated heterocycles. The van der Waals surface area contributed by atoms with E-state index in [2.05, 4.69) is 19.9 Å². The van der Waals surface area contributed by atoms with Crippen molar-refractivity contribution in [2.24, 2.45) is 0 Å². The van der Waals surface area contributed by atoms with Crippen molar-refractivity contribution in [3.8, 4) is 17.1 Å². The predicted octanol–water partition coefficient (Wildman–Crippen LogP) is 2.35. The number of ether oxygens (including phenoxy) is 1. The minimum atomic E-state index is -0.139. The van der Waals surface area contributed by atoms with E-state index in [9.17, 15) is 4.79 Å². The molecular formula is C19H16N6O2. The highest BCUT2D eigenvalue weighted by Crippen LogP contribution is 2.24. The summed E-state index contributed by atoms with van der Waals surface area (Å²) in [6, 6.07) is 8.84. The molecule has 0 spiro atoms. The highest BCUT2D eigenvalue weighted by Gasteiger charge is 2.23. The summed E-state index contributed by atoms with van der Waals surface area (Å²) in [6.07, 6.45) is 4.86. The first-order valence-electron chi connectivity index (χ1n) is 8.47. The molecule has 1 fully saturated rings. The maximum absolute atomic E-state index is 12.8. The maximum atomic E-state index is 12.8. The highest BCUT2D eigenvalue weighted by atomic mass is 16.5. The van der Waals surface area contributed by atoms with Gasteiger partial charge in [-0.25, -0.2) is 9.53 Å². The minimum Gasteiger partial charge on any atom is -0.378 e. The Morgan fingerprint density at radius 1 is 1.19 bits per heavy atom. The van der Waals surface area contributed by atoms with Gasteiger partial charge < -0.3 is 9.64 Å². The molecule has 4 rings (SSSR count). The first-order valence-corrected chi connectivity index (χ1v) is 8.47. The third-order valence-corrected chi connectivity index (χ3v) is 4.26. The third kappa shape index (κ3) is 3.41. The number of aromatic nitrogens is 4. The topological polar surface area (TPSA) is 77.5 Å². The Labute approximate surface area is 155 Å². The zero-order chi connectivity index (χ0) is 18.6. The summed E-state index contributed by atoms with van der Waals surface area (Å²) in [5.41, 5.74) is 2.81. The second-order valence-electron chi connectivity index (χ2n) is 5.96. The zero-order valence-electron chi connectivity index (χ0n) is 14.4. The Bertz CT molecular complexity index is 985. The largest absolute Gasteiger partial charge is 0.378 e. The number of amides is 1. The Morgan fingerprint density at radius 2 is 2.04 bits per heavy atom. The summed E-state index contributed by atoms with van der Waals surface area (Å²) in [4.78, 5) is 26.4. The van der Waals surface area contributed by atoms with Gasteiger partial charge in [-0.2, -0.15) is 5.10 Å². The third-order valence-electron chi connectivity index (χ3n) is 4.26. The molecule has 0 aliphatic carbocycles. The molecule has 27 heavy (non-hydrogen) atoms. The SMILES string of the molecule is [C-]#[N+]c1ccc(-c2cc(C(=O)N3CCOCC3)nn2-c2cccnc2)nc1. The molecule has 3 aromatic rings. The summed E-state index contributed by atoms with van der Waals surface area (Å²) < 4.78 is 6.97. The molecule has 4 heterocycles. The number of nitrogens with zero attached hydrogens (tertiary/aromatic N) is 6. The lowest BCUT2D eigenvalue weighted by Crippen LogP contribution is -2.40. The number of rotatable bonds is 3. The van der Waals surface area contributed by atoms with E-state index in [1.54, 1.807) is 46.2 Å². The lowest BCUT2D eigenvalue weighted by atomic mass is 10.2. The lowest BCUT2D eigenvalue weighted by Gasteiger charge is -2.25. The van der Waals surface area contributed by atoms with Crippen LogP contribution in [0.15, 0.2) is 48.9 Å². The van der Waals surface area contributed by atoms with Gasteiger partial charge in [-0.05, 0) is 24.3 Å². The van der Waals surface area contributed by atoms with E-state index in [4.69, 9.17) is 11.3 Å². The average Bonchev–Trinajstić information content (AvgIpc) is 3.20. The lowest BCUT2D eigenvalue weighted by molar-refractivity contribution is 0.0298. The number of hydrogen-bond donors (Lipinski definition) is 0. The van der Waals surface area contributed by atoms with Crippen molar-refractivity contribution < 1.29 is 9.53 Å². The normalized spacial score (nSPS) is 14.0. The van der Waals surface area contributed by atoms with Crippen LogP contribution in [0.3, 0.4) is 0 Å². The monoisotopic (exact) mass is 360 g/mol. The van der Waals surface area contributed by atoms with Crippen LogP contribution in [-0.2, 0) is 4.74 Å². The summed E-state index contributed by atoms with van der Waals surface area (Å²) >= 11 is 0. The summed E-state index contributed by atoms with van der Waals surface area (Å²) in [5, 5.41) is 4.52. The highest BCUT2D eigenvalue weighted by molar-refractivity contribution is 5.93. The van der Waals surface area contributed by atoms with E-state index in [1.165, 1.54) is 6.20 Å². The number of hydrogen-bond acceptors (Lipinski definition) is 5. The van der Waals surface area contributed by atoms with Crippen molar-refractivity contribution in [1.29, 1.82) is 0 Å². The molecule has 1 aliphatic heterocycles. The molecule has 0 aromatic carbocycles. The fourth-order valence-corrected chi connectivity index (χ4v) is 2.88. The summed E-state index contributed by atoms with van der Waals surface area (Å²) in [6.45, 7) is 9.22. The van der Waals surface area contributed by atoms with Gasteiger partial charge in [0.15, 0.2) is 5.69 Å².